The second kappa shape index (κ2) is 4.62. The standard InChI is InChI=1S/C13H19BBrNO2/c1-6-10-7-9(8-11(15)16-10)14-17-12(2,3)13(4,5)18-14/h7-8H,6H2,1-5H3. The van der Waals surface area contributed by atoms with E-state index in [1.54, 1.807) is 0 Å². The summed E-state index contributed by atoms with van der Waals surface area (Å²) in [7, 11) is -0.320. The van der Waals surface area contributed by atoms with E-state index in [-0.39, 0.29) is 18.3 Å². The molecule has 0 unspecified atom stereocenters. The summed E-state index contributed by atoms with van der Waals surface area (Å²) in [5, 5.41) is 0. The molecule has 1 saturated heterocycles. The maximum atomic E-state index is 6.03. The van der Waals surface area contributed by atoms with E-state index in [2.05, 4.69) is 55.5 Å². The van der Waals surface area contributed by atoms with Crippen LogP contribution in [-0.2, 0) is 15.7 Å². The number of hydrogen-bond acceptors (Lipinski definition) is 3. The van der Waals surface area contributed by atoms with Gasteiger partial charge in [-0.25, -0.2) is 4.98 Å². The molecule has 0 bridgehead atoms. The molecule has 1 aromatic rings. The number of pyridine rings is 1. The summed E-state index contributed by atoms with van der Waals surface area (Å²) in [6, 6.07) is 4.01. The maximum Gasteiger partial charge on any atom is 0.494 e. The van der Waals surface area contributed by atoms with E-state index in [9.17, 15) is 0 Å². The smallest absolute Gasteiger partial charge is 0.399 e. The van der Waals surface area contributed by atoms with Gasteiger partial charge in [-0.1, -0.05) is 6.92 Å². The highest BCUT2D eigenvalue weighted by Crippen LogP contribution is 2.36. The minimum Gasteiger partial charge on any atom is -0.399 e. The molecule has 0 N–H and O–H groups in total. The Kier molecular flexibility index (Phi) is 3.60. The number of aromatic nitrogens is 1. The number of halogens is 1. The molecule has 98 valence electrons. The molecule has 1 fully saturated rings. The highest BCUT2D eigenvalue weighted by atomic mass is 79.9. The van der Waals surface area contributed by atoms with E-state index in [0.717, 1.165) is 22.2 Å². The molecule has 0 aliphatic carbocycles. The van der Waals surface area contributed by atoms with Gasteiger partial charge < -0.3 is 9.31 Å². The molecule has 3 nitrogen and oxygen atoms in total. The molecule has 0 spiro atoms. The zero-order valence-electron chi connectivity index (χ0n) is 11.6. The Bertz CT molecular complexity index is 446. The number of hydrogen-bond donors (Lipinski definition) is 0. The fourth-order valence-electron chi connectivity index (χ4n) is 1.87. The van der Waals surface area contributed by atoms with E-state index >= 15 is 0 Å². The molecule has 0 radical (unpaired) electrons. The van der Waals surface area contributed by atoms with Crippen molar-refractivity contribution in [2.45, 2.75) is 52.2 Å². The first-order valence-electron chi connectivity index (χ1n) is 6.27. The van der Waals surface area contributed by atoms with Crippen LogP contribution in [-0.4, -0.2) is 23.3 Å². The lowest BCUT2D eigenvalue weighted by Crippen LogP contribution is -2.41. The van der Waals surface area contributed by atoms with Gasteiger partial charge in [-0.3, -0.25) is 0 Å². The number of aryl methyl sites for hydroxylation is 1. The maximum absolute atomic E-state index is 6.03. The minimum atomic E-state index is -0.320. The van der Waals surface area contributed by atoms with Gasteiger partial charge in [0.15, 0.2) is 0 Å². The van der Waals surface area contributed by atoms with Crippen molar-refractivity contribution in [1.29, 1.82) is 0 Å². The molecular formula is C13H19BBrNO2. The van der Waals surface area contributed by atoms with Gasteiger partial charge in [0.05, 0.1) is 11.2 Å². The molecule has 1 aliphatic rings. The average Bonchev–Trinajstić information content (AvgIpc) is 2.47. The van der Waals surface area contributed by atoms with Crippen molar-refractivity contribution < 1.29 is 9.31 Å². The van der Waals surface area contributed by atoms with E-state index in [1.807, 2.05) is 12.1 Å². The van der Waals surface area contributed by atoms with Crippen molar-refractivity contribution in [1.82, 2.24) is 4.98 Å². The molecule has 18 heavy (non-hydrogen) atoms. The van der Waals surface area contributed by atoms with Crippen molar-refractivity contribution in [2.75, 3.05) is 0 Å². The summed E-state index contributed by atoms with van der Waals surface area (Å²) in [5.41, 5.74) is 1.45. The van der Waals surface area contributed by atoms with Crippen LogP contribution in [0, 0.1) is 0 Å². The van der Waals surface area contributed by atoms with Crippen LogP contribution in [0.4, 0.5) is 0 Å². The second-order valence-corrected chi connectivity index (χ2v) is 6.47. The van der Waals surface area contributed by atoms with Crippen molar-refractivity contribution in [3.05, 3.63) is 22.4 Å². The van der Waals surface area contributed by atoms with Gasteiger partial charge in [0.1, 0.15) is 4.60 Å². The van der Waals surface area contributed by atoms with E-state index < -0.39 is 0 Å². The highest BCUT2D eigenvalue weighted by Gasteiger charge is 2.51. The second-order valence-electron chi connectivity index (χ2n) is 5.66. The summed E-state index contributed by atoms with van der Waals surface area (Å²) in [6.45, 7) is 10.3. The van der Waals surface area contributed by atoms with Crippen molar-refractivity contribution in [3.8, 4) is 0 Å². The Morgan fingerprint density at radius 3 is 2.22 bits per heavy atom. The first-order valence-corrected chi connectivity index (χ1v) is 7.06. The van der Waals surface area contributed by atoms with Crippen LogP contribution in [0.5, 0.6) is 0 Å². The third-order valence-corrected chi connectivity index (χ3v) is 4.16. The van der Waals surface area contributed by atoms with Crippen LogP contribution in [0.3, 0.4) is 0 Å². The van der Waals surface area contributed by atoms with Crippen LogP contribution in [0.25, 0.3) is 0 Å². The predicted molar refractivity (Wildman–Crippen MR) is 77.0 cm³/mol. The lowest BCUT2D eigenvalue weighted by Gasteiger charge is -2.32. The van der Waals surface area contributed by atoms with Gasteiger partial charge in [0.25, 0.3) is 0 Å². The molecular weight excluding hydrogens is 293 g/mol. The van der Waals surface area contributed by atoms with Crippen LogP contribution in [0.2, 0.25) is 0 Å². The Morgan fingerprint density at radius 1 is 1.17 bits per heavy atom. The van der Waals surface area contributed by atoms with Gasteiger partial charge in [0, 0.05) is 5.69 Å². The molecule has 2 heterocycles. The van der Waals surface area contributed by atoms with E-state index in [1.165, 1.54) is 0 Å². The zero-order valence-corrected chi connectivity index (χ0v) is 13.2. The lowest BCUT2D eigenvalue weighted by atomic mass is 9.79. The Labute approximate surface area is 118 Å². The van der Waals surface area contributed by atoms with Crippen molar-refractivity contribution in [3.63, 3.8) is 0 Å². The zero-order chi connectivity index (χ0) is 13.6. The molecule has 5 heteroatoms. The summed E-state index contributed by atoms with van der Waals surface area (Å²) < 4.78 is 12.9. The quantitative estimate of drug-likeness (QED) is 0.621. The SMILES string of the molecule is CCc1cc(B2OC(C)(C)C(C)(C)O2)cc(Br)n1. The topological polar surface area (TPSA) is 31.4 Å². The molecule has 0 atom stereocenters. The molecule has 1 aromatic heterocycles. The van der Waals surface area contributed by atoms with E-state index in [0.29, 0.717) is 0 Å². The molecule has 0 amide bonds. The molecule has 1 aliphatic heterocycles. The van der Waals surface area contributed by atoms with Crippen LogP contribution >= 0.6 is 15.9 Å². The van der Waals surface area contributed by atoms with Gasteiger partial charge in [-0.05, 0) is 67.6 Å². The molecule has 0 aromatic carbocycles. The number of rotatable bonds is 2. The fraction of sp³-hybridized carbons (Fsp3) is 0.615. The van der Waals surface area contributed by atoms with Crippen molar-refractivity contribution >= 4 is 28.5 Å². The van der Waals surface area contributed by atoms with Gasteiger partial charge in [-0.2, -0.15) is 0 Å². The van der Waals surface area contributed by atoms with Crippen LogP contribution in [0.15, 0.2) is 16.7 Å². The highest BCUT2D eigenvalue weighted by molar-refractivity contribution is 9.10. The lowest BCUT2D eigenvalue weighted by molar-refractivity contribution is 0.00578. The molecule has 2 rings (SSSR count). The predicted octanol–water partition coefficient (Wildman–Crippen LogP) is 2.71. The van der Waals surface area contributed by atoms with Crippen LogP contribution in [0.1, 0.15) is 40.3 Å². The molecule has 0 saturated carbocycles. The van der Waals surface area contributed by atoms with Gasteiger partial charge in [-0.15, -0.1) is 0 Å². The normalized spacial score (nSPS) is 21.3. The Hall–Kier alpha value is -0.385. The first-order chi connectivity index (χ1) is 8.25. The Morgan fingerprint density at radius 2 is 1.72 bits per heavy atom. The van der Waals surface area contributed by atoms with Crippen LogP contribution < -0.4 is 5.46 Å². The Balaban J connectivity index is 2.32. The summed E-state index contributed by atoms with van der Waals surface area (Å²) in [6.07, 6.45) is 0.895. The first kappa shape index (κ1) is 14.0. The third kappa shape index (κ3) is 2.49. The fourth-order valence-corrected chi connectivity index (χ4v) is 2.36. The third-order valence-electron chi connectivity index (χ3n) is 3.76. The summed E-state index contributed by atoms with van der Waals surface area (Å²) >= 11 is 3.44. The summed E-state index contributed by atoms with van der Waals surface area (Å²) in [5.74, 6) is 0. The van der Waals surface area contributed by atoms with Gasteiger partial charge in [0.2, 0.25) is 0 Å². The largest absolute Gasteiger partial charge is 0.494 e. The van der Waals surface area contributed by atoms with Gasteiger partial charge >= 0.3 is 7.12 Å². The summed E-state index contributed by atoms with van der Waals surface area (Å²) in [4.78, 5) is 4.40. The van der Waals surface area contributed by atoms with Crippen molar-refractivity contribution in [2.24, 2.45) is 0 Å². The monoisotopic (exact) mass is 311 g/mol. The van der Waals surface area contributed by atoms with E-state index in [4.69, 9.17) is 9.31 Å². The number of nitrogens with zero attached hydrogens (tertiary/aromatic N) is 1. The average molecular weight is 312 g/mol. The minimum absolute atomic E-state index is 0.306.